The average Bonchev–Trinajstić information content (AvgIpc) is 3.49. The highest BCUT2D eigenvalue weighted by Gasteiger charge is 2.32. The summed E-state index contributed by atoms with van der Waals surface area (Å²) in [4.78, 5) is 29.1. The normalized spacial score (nSPS) is 19.7. The molecule has 1 heterocycles. The summed E-state index contributed by atoms with van der Waals surface area (Å²) in [6.45, 7) is 7.96. The van der Waals surface area contributed by atoms with E-state index >= 15 is 0 Å². The smallest absolute Gasteiger partial charge is 0.224 e. The van der Waals surface area contributed by atoms with Crippen molar-refractivity contribution >= 4 is 29.1 Å². The van der Waals surface area contributed by atoms with E-state index in [1.165, 1.54) is 12.8 Å². The van der Waals surface area contributed by atoms with Crippen molar-refractivity contribution in [1.82, 2.24) is 9.80 Å². The van der Waals surface area contributed by atoms with E-state index in [2.05, 4.69) is 17.1 Å². The molecule has 3 rings (SSSR count). The highest BCUT2D eigenvalue weighted by atomic mass is 35.5. The van der Waals surface area contributed by atoms with Gasteiger partial charge in [-0.1, -0.05) is 11.6 Å². The molecule has 1 aliphatic carbocycles. The van der Waals surface area contributed by atoms with Gasteiger partial charge in [-0.25, -0.2) is 0 Å². The van der Waals surface area contributed by atoms with Crippen molar-refractivity contribution in [3.05, 3.63) is 28.3 Å². The topological polar surface area (TPSA) is 61.9 Å². The number of methoxy groups -OCH3 is 1. The number of benzene rings is 1. The Labute approximate surface area is 184 Å². The lowest BCUT2D eigenvalue weighted by Gasteiger charge is -2.40. The molecule has 2 amide bonds. The van der Waals surface area contributed by atoms with Gasteiger partial charge >= 0.3 is 0 Å². The van der Waals surface area contributed by atoms with Gasteiger partial charge in [-0.05, 0) is 62.3 Å². The number of carbonyl (C=O) groups is 2. The Morgan fingerprint density at radius 3 is 2.70 bits per heavy atom. The molecular formula is C23H34ClN3O3. The second-order valence-corrected chi connectivity index (χ2v) is 9.14. The number of hydrogen-bond acceptors (Lipinski definition) is 4. The van der Waals surface area contributed by atoms with Crippen LogP contribution in [0.4, 0.5) is 5.69 Å². The fourth-order valence-electron chi connectivity index (χ4n) is 4.09. The summed E-state index contributed by atoms with van der Waals surface area (Å²) in [5, 5.41) is 3.61. The number of rotatable bonds is 9. The first-order valence-electron chi connectivity index (χ1n) is 11.0. The van der Waals surface area contributed by atoms with Crippen molar-refractivity contribution < 1.29 is 14.3 Å². The van der Waals surface area contributed by atoms with Crippen LogP contribution in [0.25, 0.3) is 0 Å². The average molecular weight is 436 g/mol. The van der Waals surface area contributed by atoms with E-state index in [-0.39, 0.29) is 11.9 Å². The Kier molecular flexibility index (Phi) is 8.14. The zero-order valence-corrected chi connectivity index (χ0v) is 19.1. The second kappa shape index (κ2) is 10.6. The number of amides is 2. The summed E-state index contributed by atoms with van der Waals surface area (Å²) in [6, 6.07) is 4.00. The Bertz CT molecular complexity index is 766. The van der Waals surface area contributed by atoms with Gasteiger partial charge in [0.25, 0.3) is 0 Å². The standard InChI is InChI=1S/C23H34ClN3O3/c1-16-14-26(8-9-27(16)23(29)11-18-6-7-18)15-19-12-20(24)13-21(17(19)2)25-22(28)5-4-10-30-3/h12-13,16,18H,4-11,14-15H2,1-3H3,(H,25,28)/t16-/m0/s1. The van der Waals surface area contributed by atoms with E-state index in [9.17, 15) is 9.59 Å². The van der Waals surface area contributed by atoms with Gasteiger partial charge in [0, 0.05) is 69.5 Å². The van der Waals surface area contributed by atoms with Gasteiger partial charge in [0.15, 0.2) is 0 Å². The van der Waals surface area contributed by atoms with Crippen LogP contribution in [0.3, 0.4) is 0 Å². The molecule has 0 aromatic heterocycles. The summed E-state index contributed by atoms with van der Waals surface area (Å²) < 4.78 is 5.01. The summed E-state index contributed by atoms with van der Waals surface area (Å²) in [6.07, 6.45) is 4.24. The van der Waals surface area contributed by atoms with Crippen LogP contribution in [-0.4, -0.2) is 61.0 Å². The quantitative estimate of drug-likeness (QED) is 0.598. The Balaban J connectivity index is 1.59. The van der Waals surface area contributed by atoms with Crippen molar-refractivity contribution in [3.8, 4) is 0 Å². The third-order valence-corrected chi connectivity index (χ3v) is 6.31. The maximum Gasteiger partial charge on any atom is 0.224 e. The Morgan fingerprint density at radius 2 is 2.03 bits per heavy atom. The van der Waals surface area contributed by atoms with Crippen molar-refractivity contribution in [2.75, 3.05) is 38.7 Å². The van der Waals surface area contributed by atoms with Gasteiger partial charge < -0.3 is 15.0 Å². The number of hydrogen-bond donors (Lipinski definition) is 1. The molecule has 1 aliphatic heterocycles. The lowest BCUT2D eigenvalue weighted by Crippen LogP contribution is -2.53. The first-order chi connectivity index (χ1) is 14.4. The zero-order valence-electron chi connectivity index (χ0n) is 18.4. The van der Waals surface area contributed by atoms with E-state index in [1.54, 1.807) is 7.11 Å². The van der Waals surface area contributed by atoms with Crippen molar-refractivity contribution in [2.24, 2.45) is 5.92 Å². The fraction of sp³-hybridized carbons (Fsp3) is 0.652. The van der Waals surface area contributed by atoms with E-state index in [0.717, 1.165) is 43.0 Å². The van der Waals surface area contributed by atoms with Crippen LogP contribution >= 0.6 is 11.6 Å². The van der Waals surface area contributed by atoms with Gasteiger partial charge in [-0.3, -0.25) is 14.5 Å². The number of halogens is 1. The first-order valence-corrected chi connectivity index (χ1v) is 11.3. The monoisotopic (exact) mass is 435 g/mol. The van der Waals surface area contributed by atoms with Gasteiger partial charge in [-0.15, -0.1) is 0 Å². The predicted octanol–water partition coefficient (Wildman–Crippen LogP) is 3.85. The summed E-state index contributed by atoms with van der Waals surface area (Å²) in [5.74, 6) is 0.904. The molecule has 1 aromatic rings. The highest BCUT2D eigenvalue weighted by molar-refractivity contribution is 6.31. The lowest BCUT2D eigenvalue weighted by molar-refractivity contribution is -0.136. The molecule has 166 valence electrons. The predicted molar refractivity (Wildman–Crippen MR) is 120 cm³/mol. The highest BCUT2D eigenvalue weighted by Crippen LogP contribution is 2.33. The molecule has 1 N–H and O–H groups in total. The van der Waals surface area contributed by atoms with Crippen LogP contribution in [0, 0.1) is 12.8 Å². The fourth-order valence-corrected chi connectivity index (χ4v) is 4.33. The molecule has 30 heavy (non-hydrogen) atoms. The lowest BCUT2D eigenvalue weighted by atomic mass is 10.0. The second-order valence-electron chi connectivity index (χ2n) is 8.70. The van der Waals surface area contributed by atoms with Crippen LogP contribution in [-0.2, 0) is 20.9 Å². The van der Waals surface area contributed by atoms with E-state index in [0.29, 0.717) is 42.7 Å². The third-order valence-electron chi connectivity index (χ3n) is 6.09. The number of nitrogens with one attached hydrogen (secondary N) is 1. The van der Waals surface area contributed by atoms with Gasteiger partial charge in [0.1, 0.15) is 0 Å². The maximum atomic E-state index is 12.5. The third kappa shape index (κ3) is 6.43. The molecule has 6 nitrogen and oxygen atoms in total. The Morgan fingerprint density at radius 1 is 1.27 bits per heavy atom. The van der Waals surface area contributed by atoms with Crippen LogP contribution in [0.1, 0.15) is 50.2 Å². The van der Waals surface area contributed by atoms with Crippen LogP contribution < -0.4 is 5.32 Å². The van der Waals surface area contributed by atoms with E-state index < -0.39 is 0 Å². The molecule has 1 saturated carbocycles. The first kappa shape index (κ1) is 23.0. The van der Waals surface area contributed by atoms with Gasteiger partial charge in [0.05, 0.1) is 0 Å². The number of anilines is 1. The van der Waals surface area contributed by atoms with Crippen molar-refractivity contribution in [1.29, 1.82) is 0 Å². The maximum absolute atomic E-state index is 12.5. The summed E-state index contributed by atoms with van der Waals surface area (Å²) in [7, 11) is 1.63. The van der Waals surface area contributed by atoms with E-state index in [1.807, 2.05) is 24.0 Å². The minimum Gasteiger partial charge on any atom is -0.385 e. The van der Waals surface area contributed by atoms with E-state index in [4.69, 9.17) is 16.3 Å². The Hall–Kier alpha value is -1.63. The molecule has 1 saturated heterocycles. The summed E-state index contributed by atoms with van der Waals surface area (Å²) >= 11 is 6.35. The van der Waals surface area contributed by atoms with Gasteiger partial charge in [-0.2, -0.15) is 0 Å². The molecule has 0 radical (unpaired) electrons. The summed E-state index contributed by atoms with van der Waals surface area (Å²) in [5.41, 5.74) is 2.92. The number of ether oxygens (including phenoxy) is 1. The molecule has 1 aromatic carbocycles. The van der Waals surface area contributed by atoms with Crippen LogP contribution in [0.2, 0.25) is 5.02 Å². The van der Waals surface area contributed by atoms with Crippen LogP contribution in [0.15, 0.2) is 12.1 Å². The minimum atomic E-state index is -0.0280. The largest absolute Gasteiger partial charge is 0.385 e. The molecule has 0 unspecified atom stereocenters. The zero-order chi connectivity index (χ0) is 21.7. The number of piperazine rings is 1. The van der Waals surface area contributed by atoms with Gasteiger partial charge in [0.2, 0.25) is 11.8 Å². The molecule has 2 fully saturated rings. The molecule has 1 atom stereocenters. The molecule has 0 spiro atoms. The van der Waals surface area contributed by atoms with Crippen molar-refractivity contribution in [2.45, 2.75) is 58.5 Å². The number of carbonyl (C=O) groups excluding carboxylic acids is 2. The molecule has 0 bridgehead atoms. The molecule has 7 heteroatoms. The number of nitrogens with zero attached hydrogens (tertiary/aromatic N) is 2. The van der Waals surface area contributed by atoms with Crippen LogP contribution in [0.5, 0.6) is 0 Å². The minimum absolute atomic E-state index is 0.0280. The van der Waals surface area contributed by atoms with Crippen molar-refractivity contribution in [3.63, 3.8) is 0 Å². The molecular weight excluding hydrogens is 402 g/mol. The SMILES string of the molecule is COCCCC(=O)Nc1cc(Cl)cc(CN2CCN(C(=O)CC3CC3)[C@@H](C)C2)c1C. The molecule has 2 aliphatic rings.